The largest absolute Gasteiger partial charge is 0.478 e. The Hall–Kier alpha value is -1.88. The second kappa shape index (κ2) is 6.52. The van der Waals surface area contributed by atoms with Crippen molar-refractivity contribution in [2.75, 3.05) is 26.3 Å². The van der Waals surface area contributed by atoms with Gasteiger partial charge in [0.25, 0.3) is 5.91 Å². The maximum Gasteiger partial charge on any atom is 0.336 e. The number of nitrogens with zero attached hydrogens (tertiary/aromatic N) is 1. The Kier molecular flexibility index (Phi) is 4.74. The van der Waals surface area contributed by atoms with Gasteiger partial charge in [-0.15, -0.1) is 0 Å². The molecule has 1 N–H and O–H groups in total. The van der Waals surface area contributed by atoms with Crippen LogP contribution in [0.4, 0.5) is 0 Å². The zero-order chi connectivity index (χ0) is 14.5. The molecule has 20 heavy (non-hydrogen) atoms. The van der Waals surface area contributed by atoms with Gasteiger partial charge >= 0.3 is 5.97 Å². The molecule has 1 heterocycles. The Bertz CT molecular complexity index is 494. The van der Waals surface area contributed by atoms with Gasteiger partial charge in [0, 0.05) is 25.6 Å². The summed E-state index contributed by atoms with van der Waals surface area (Å²) in [7, 11) is 0. The number of aromatic carboxylic acids is 1. The summed E-state index contributed by atoms with van der Waals surface area (Å²) in [5, 5.41) is 9.16. The summed E-state index contributed by atoms with van der Waals surface area (Å²) in [6, 6.07) is 6.34. The molecule has 2 rings (SSSR count). The van der Waals surface area contributed by atoms with E-state index in [0.717, 1.165) is 13.0 Å². The molecule has 1 fully saturated rings. The lowest BCUT2D eigenvalue weighted by Crippen LogP contribution is -2.36. The molecule has 0 spiro atoms. The zero-order valence-corrected chi connectivity index (χ0v) is 11.5. The first-order chi connectivity index (χ1) is 9.63. The van der Waals surface area contributed by atoms with Crippen molar-refractivity contribution in [2.24, 2.45) is 5.92 Å². The van der Waals surface area contributed by atoms with E-state index in [1.807, 2.05) is 6.92 Å². The van der Waals surface area contributed by atoms with E-state index in [2.05, 4.69) is 0 Å². The molecule has 1 unspecified atom stereocenters. The van der Waals surface area contributed by atoms with Crippen LogP contribution in [0.15, 0.2) is 24.3 Å². The van der Waals surface area contributed by atoms with Crippen LogP contribution in [0.1, 0.15) is 34.1 Å². The number of carboxylic acid groups (broad SMARTS) is 1. The number of carboxylic acids is 1. The van der Waals surface area contributed by atoms with Crippen molar-refractivity contribution in [1.82, 2.24) is 4.90 Å². The number of rotatable bonds is 5. The Labute approximate surface area is 118 Å². The predicted molar refractivity (Wildman–Crippen MR) is 73.9 cm³/mol. The molecule has 5 nitrogen and oxygen atoms in total. The minimum Gasteiger partial charge on any atom is -0.478 e. The quantitative estimate of drug-likeness (QED) is 0.892. The first kappa shape index (κ1) is 14.5. The summed E-state index contributed by atoms with van der Waals surface area (Å²) in [5.74, 6) is -0.956. The molecule has 0 aliphatic carbocycles. The molecular weight excluding hydrogens is 258 g/mol. The fourth-order valence-corrected chi connectivity index (χ4v) is 2.42. The van der Waals surface area contributed by atoms with E-state index in [9.17, 15) is 9.59 Å². The van der Waals surface area contributed by atoms with E-state index in [1.165, 1.54) is 6.07 Å². The molecule has 1 amide bonds. The van der Waals surface area contributed by atoms with Gasteiger partial charge in [-0.1, -0.05) is 12.1 Å². The Morgan fingerprint density at radius 1 is 1.35 bits per heavy atom. The standard InChI is InChI=1S/C15H19NO4/c1-2-16(9-11-7-8-20-10-11)14(17)12-5-3-4-6-13(12)15(18)19/h3-6,11H,2,7-10H2,1H3,(H,18,19). The van der Waals surface area contributed by atoms with E-state index < -0.39 is 5.97 Å². The summed E-state index contributed by atoms with van der Waals surface area (Å²) in [5.41, 5.74) is 0.305. The van der Waals surface area contributed by atoms with E-state index in [-0.39, 0.29) is 17.0 Å². The van der Waals surface area contributed by atoms with Crippen molar-refractivity contribution in [2.45, 2.75) is 13.3 Å². The highest BCUT2D eigenvalue weighted by Crippen LogP contribution is 2.17. The van der Waals surface area contributed by atoms with Crippen LogP contribution in [0.5, 0.6) is 0 Å². The highest BCUT2D eigenvalue weighted by molar-refractivity contribution is 6.04. The molecule has 0 aromatic heterocycles. The topological polar surface area (TPSA) is 66.8 Å². The molecule has 1 aromatic carbocycles. The molecule has 108 valence electrons. The summed E-state index contributed by atoms with van der Waals surface area (Å²) in [6.07, 6.45) is 0.949. The summed E-state index contributed by atoms with van der Waals surface area (Å²) >= 11 is 0. The number of amides is 1. The molecule has 0 saturated carbocycles. The molecule has 1 saturated heterocycles. The third-order valence-corrected chi connectivity index (χ3v) is 3.56. The second-order valence-electron chi connectivity index (χ2n) is 4.92. The third-order valence-electron chi connectivity index (χ3n) is 3.56. The third kappa shape index (κ3) is 3.17. The van der Waals surface area contributed by atoms with Gasteiger partial charge in [-0.3, -0.25) is 4.79 Å². The van der Waals surface area contributed by atoms with Crippen molar-refractivity contribution >= 4 is 11.9 Å². The van der Waals surface area contributed by atoms with Crippen LogP contribution in [-0.2, 0) is 4.74 Å². The van der Waals surface area contributed by atoms with Crippen LogP contribution in [0.2, 0.25) is 0 Å². The number of benzene rings is 1. The Morgan fingerprint density at radius 2 is 2.05 bits per heavy atom. The van der Waals surface area contributed by atoms with Crippen molar-refractivity contribution < 1.29 is 19.4 Å². The Morgan fingerprint density at radius 3 is 2.60 bits per heavy atom. The van der Waals surface area contributed by atoms with Gasteiger partial charge in [0.05, 0.1) is 17.7 Å². The van der Waals surface area contributed by atoms with Gasteiger partial charge in [0.15, 0.2) is 0 Å². The summed E-state index contributed by atoms with van der Waals surface area (Å²) in [6.45, 7) is 4.48. The fourth-order valence-electron chi connectivity index (χ4n) is 2.42. The number of ether oxygens (including phenoxy) is 1. The number of hydrogen-bond acceptors (Lipinski definition) is 3. The molecule has 0 bridgehead atoms. The monoisotopic (exact) mass is 277 g/mol. The van der Waals surface area contributed by atoms with E-state index >= 15 is 0 Å². The predicted octanol–water partition coefficient (Wildman–Crippen LogP) is 1.88. The number of hydrogen-bond donors (Lipinski definition) is 1. The van der Waals surface area contributed by atoms with Crippen LogP contribution < -0.4 is 0 Å². The highest BCUT2D eigenvalue weighted by atomic mass is 16.5. The SMILES string of the molecule is CCN(CC1CCOC1)C(=O)c1ccccc1C(=O)O. The van der Waals surface area contributed by atoms with Crippen molar-refractivity contribution in [1.29, 1.82) is 0 Å². The molecule has 1 aliphatic heterocycles. The minimum atomic E-state index is -1.07. The van der Waals surface area contributed by atoms with Crippen molar-refractivity contribution in [3.63, 3.8) is 0 Å². The average molecular weight is 277 g/mol. The lowest BCUT2D eigenvalue weighted by atomic mass is 10.0. The van der Waals surface area contributed by atoms with Crippen molar-refractivity contribution in [3.8, 4) is 0 Å². The van der Waals surface area contributed by atoms with Gasteiger partial charge in [-0.2, -0.15) is 0 Å². The van der Waals surface area contributed by atoms with Gasteiger partial charge < -0.3 is 14.7 Å². The zero-order valence-electron chi connectivity index (χ0n) is 11.5. The van der Waals surface area contributed by atoms with E-state index in [1.54, 1.807) is 23.1 Å². The van der Waals surface area contributed by atoms with Crippen LogP contribution in [0.3, 0.4) is 0 Å². The second-order valence-corrected chi connectivity index (χ2v) is 4.92. The first-order valence-electron chi connectivity index (χ1n) is 6.82. The molecule has 1 aliphatic rings. The van der Waals surface area contributed by atoms with Gasteiger partial charge in [-0.05, 0) is 25.5 Å². The van der Waals surface area contributed by atoms with Crippen LogP contribution in [0, 0.1) is 5.92 Å². The maximum absolute atomic E-state index is 12.5. The Balaban J connectivity index is 2.17. The van der Waals surface area contributed by atoms with Gasteiger partial charge in [-0.25, -0.2) is 4.79 Å². The van der Waals surface area contributed by atoms with Gasteiger partial charge in [0.2, 0.25) is 0 Å². The molecule has 1 aromatic rings. The normalized spacial score (nSPS) is 17.9. The summed E-state index contributed by atoms with van der Waals surface area (Å²) < 4.78 is 5.32. The number of carbonyl (C=O) groups excluding carboxylic acids is 1. The molecule has 5 heteroatoms. The minimum absolute atomic E-state index is 0.0543. The summed E-state index contributed by atoms with van der Waals surface area (Å²) in [4.78, 5) is 25.4. The van der Waals surface area contributed by atoms with E-state index in [4.69, 9.17) is 9.84 Å². The lowest BCUT2D eigenvalue weighted by Gasteiger charge is -2.24. The first-order valence-corrected chi connectivity index (χ1v) is 6.82. The van der Waals surface area contributed by atoms with Gasteiger partial charge in [0.1, 0.15) is 0 Å². The highest BCUT2D eigenvalue weighted by Gasteiger charge is 2.24. The van der Waals surface area contributed by atoms with Crippen LogP contribution >= 0.6 is 0 Å². The van der Waals surface area contributed by atoms with Crippen LogP contribution in [-0.4, -0.2) is 48.2 Å². The maximum atomic E-state index is 12.5. The molecular formula is C15H19NO4. The molecule has 0 radical (unpaired) electrons. The smallest absolute Gasteiger partial charge is 0.336 e. The lowest BCUT2D eigenvalue weighted by molar-refractivity contribution is 0.0668. The molecule has 1 atom stereocenters. The fraction of sp³-hybridized carbons (Fsp3) is 0.467. The number of carbonyl (C=O) groups is 2. The average Bonchev–Trinajstić information content (AvgIpc) is 2.97. The van der Waals surface area contributed by atoms with Crippen LogP contribution in [0.25, 0.3) is 0 Å². The van der Waals surface area contributed by atoms with Crippen molar-refractivity contribution in [3.05, 3.63) is 35.4 Å². The van der Waals surface area contributed by atoms with E-state index in [0.29, 0.717) is 25.6 Å².